The normalized spacial score (nSPS) is 10.6. The highest BCUT2D eigenvalue weighted by Gasteiger charge is 2.17. The highest BCUT2D eigenvalue weighted by atomic mass is 32.1. The van der Waals surface area contributed by atoms with Gasteiger partial charge in [-0.3, -0.25) is 4.79 Å². The van der Waals surface area contributed by atoms with Crippen molar-refractivity contribution in [1.29, 1.82) is 0 Å². The summed E-state index contributed by atoms with van der Waals surface area (Å²) in [7, 11) is 3.37. The van der Waals surface area contributed by atoms with E-state index >= 15 is 0 Å². The minimum Gasteiger partial charge on any atom is -0.497 e. The quantitative estimate of drug-likeness (QED) is 0.703. The van der Waals surface area contributed by atoms with Crippen molar-refractivity contribution in [2.75, 3.05) is 14.2 Å². The predicted molar refractivity (Wildman–Crippen MR) is 93.3 cm³/mol. The Balaban J connectivity index is 1.72. The van der Waals surface area contributed by atoms with Crippen LogP contribution in [0.5, 0.6) is 5.75 Å². The van der Waals surface area contributed by atoms with Gasteiger partial charge in [-0.2, -0.15) is 0 Å². The van der Waals surface area contributed by atoms with Crippen LogP contribution in [0.4, 0.5) is 0 Å². The van der Waals surface area contributed by atoms with Gasteiger partial charge in [0, 0.05) is 18.0 Å². The van der Waals surface area contributed by atoms with Gasteiger partial charge in [-0.15, -0.1) is 11.3 Å². The molecule has 24 heavy (non-hydrogen) atoms. The molecule has 1 aromatic carbocycles. The van der Waals surface area contributed by atoms with Crippen molar-refractivity contribution < 1.29 is 13.9 Å². The molecule has 0 saturated carbocycles. The Bertz CT molecular complexity index is 836. The number of hydrogen-bond acceptors (Lipinski definition) is 5. The zero-order chi connectivity index (χ0) is 17.1. The molecule has 0 N–H and O–H groups in total. The number of amides is 1. The standard InChI is InChI=1S/C18H18N2O3S/c1-12-4-7-15(23-12)10-20(2)18(21)16-11-24-17(19-16)13-5-8-14(22-3)9-6-13/h4-9,11H,10H2,1-3H3. The number of nitrogens with zero attached hydrogens (tertiary/aromatic N) is 2. The summed E-state index contributed by atoms with van der Waals surface area (Å²) in [6.45, 7) is 2.30. The molecule has 0 atom stereocenters. The minimum absolute atomic E-state index is 0.125. The van der Waals surface area contributed by atoms with E-state index in [2.05, 4.69) is 4.98 Å². The first kappa shape index (κ1) is 16.3. The number of methoxy groups -OCH3 is 1. The van der Waals surface area contributed by atoms with E-state index in [1.807, 2.05) is 43.3 Å². The Labute approximate surface area is 144 Å². The van der Waals surface area contributed by atoms with Crippen LogP contribution >= 0.6 is 11.3 Å². The third-order valence-corrected chi connectivity index (χ3v) is 4.49. The summed E-state index contributed by atoms with van der Waals surface area (Å²) in [5.41, 5.74) is 1.40. The molecule has 0 aliphatic heterocycles. The number of benzene rings is 1. The molecule has 5 nitrogen and oxygen atoms in total. The lowest BCUT2D eigenvalue weighted by Crippen LogP contribution is -2.26. The van der Waals surface area contributed by atoms with Gasteiger partial charge >= 0.3 is 0 Å². The number of ether oxygens (including phenoxy) is 1. The Kier molecular flexibility index (Phi) is 4.66. The summed E-state index contributed by atoms with van der Waals surface area (Å²) < 4.78 is 10.7. The molecule has 0 fully saturated rings. The van der Waals surface area contributed by atoms with Crippen LogP contribution in [-0.4, -0.2) is 29.9 Å². The molecule has 2 aromatic heterocycles. The van der Waals surface area contributed by atoms with Crippen molar-refractivity contribution >= 4 is 17.2 Å². The van der Waals surface area contributed by atoms with E-state index in [4.69, 9.17) is 9.15 Å². The molecule has 6 heteroatoms. The molecular formula is C18H18N2O3S. The van der Waals surface area contributed by atoms with Gasteiger partial charge in [0.2, 0.25) is 0 Å². The van der Waals surface area contributed by atoms with E-state index in [9.17, 15) is 4.79 Å². The number of furan rings is 1. The first-order valence-corrected chi connectivity index (χ1v) is 8.35. The summed E-state index contributed by atoms with van der Waals surface area (Å²) in [5.74, 6) is 2.26. The van der Waals surface area contributed by atoms with Crippen molar-refractivity contribution in [1.82, 2.24) is 9.88 Å². The van der Waals surface area contributed by atoms with Crippen LogP contribution in [0.2, 0.25) is 0 Å². The van der Waals surface area contributed by atoms with E-state index in [1.165, 1.54) is 11.3 Å². The van der Waals surface area contributed by atoms with Gasteiger partial charge in [-0.05, 0) is 43.3 Å². The fraction of sp³-hybridized carbons (Fsp3) is 0.222. The second kappa shape index (κ2) is 6.88. The molecule has 2 heterocycles. The van der Waals surface area contributed by atoms with Crippen molar-refractivity contribution in [2.45, 2.75) is 13.5 Å². The van der Waals surface area contributed by atoms with Gasteiger partial charge in [-0.1, -0.05) is 0 Å². The lowest BCUT2D eigenvalue weighted by atomic mass is 10.2. The number of aromatic nitrogens is 1. The summed E-state index contributed by atoms with van der Waals surface area (Å²) >= 11 is 1.45. The number of carbonyl (C=O) groups excluding carboxylic acids is 1. The number of hydrogen-bond donors (Lipinski definition) is 0. The highest BCUT2D eigenvalue weighted by Crippen LogP contribution is 2.26. The van der Waals surface area contributed by atoms with E-state index in [0.717, 1.165) is 27.8 Å². The molecule has 0 aliphatic carbocycles. The Hall–Kier alpha value is -2.60. The first-order valence-electron chi connectivity index (χ1n) is 7.47. The molecule has 0 unspecified atom stereocenters. The van der Waals surface area contributed by atoms with Crippen LogP contribution in [0.3, 0.4) is 0 Å². The highest BCUT2D eigenvalue weighted by molar-refractivity contribution is 7.13. The average Bonchev–Trinajstić information content (AvgIpc) is 3.23. The third kappa shape index (κ3) is 3.49. The van der Waals surface area contributed by atoms with E-state index in [-0.39, 0.29) is 5.91 Å². The van der Waals surface area contributed by atoms with Crippen LogP contribution in [0.15, 0.2) is 46.2 Å². The predicted octanol–water partition coefficient (Wildman–Crippen LogP) is 3.99. The van der Waals surface area contributed by atoms with Crippen LogP contribution in [0, 0.1) is 6.92 Å². The van der Waals surface area contributed by atoms with E-state index in [1.54, 1.807) is 24.4 Å². The van der Waals surface area contributed by atoms with Gasteiger partial charge in [-0.25, -0.2) is 4.98 Å². The Morgan fingerprint density at radius 2 is 2.00 bits per heavy atom. The topological polar surface area (TPSA) is 55.6 Å². The molecule has 0 spiro atoms. The van der Waals surface area contributed by atoms with Gasteiger partial charge in [0.15, 0.2) is 0 Å². The zero-order valence-electron chi connectivity index (χ0n) is 13.8. The van der Waals surface area contributed by atoms with E-state index in [0.29, 0.717) is 12.2 Å². The minimum atomic E-state index is -0.125. The molecule has 3 aromatic rings. The Morgan fingerprint density at radius 1 is 1.25 bits per heavy atom. The van der Waals surface area contributed by atoms with Crippen LogP contribution in [0.25, 0.3) is 10.6 Å². The monoisotopic (exact) mass is 342 g/mol. The number of thiazole rings is 1. The first-order chi connectivity index (χ1) is 11.6. The summed E-state index contributed by atoms with van der Waals surface area (Å²) in [5, 5.41) is 2.59. The summed E-state index contributed by atoms with van der Waals surface area (Å²) in [4.78, 5) is 18.6. The second-order valence-electron chi connectivity index (χ2n) is 5.44. The van der Waals surface area contributed by atoms with Crippen LogP contribution in [-0.2, 0) is 6.54 Å². The molecule has 0 saturated heterocycles. The lowest BCUT2D eigenvalue weighted by molar-refractivity contribution is 0.0770. The van der Waals surface area contributed by atoms with Gasteiger partial charge in [0.05, 0.1) is 13.7 Å². The third-order valence-electron chi connectivity index (χ3n) is 3.60. The molecule has 0 aliphatic rings. The largest absolute Gasteiger partial charge is 0.497 e. The smallest absolute Gasteiger partial charge is 0.273 e. The van der Waals surface area contributed by atoms with Crippen molar-refractivity contribution in [3.05, 3.63) is 59.0 Å². The number of rotatable bonds is 5. The van der Waals surface area contributed by atoms with Crippen LogP contribution < -0.4 is 4.74 Å². The van der Waals surface area contributed by atoms with Crippen molar-refractivity contribution in [2.24, 2.45) is 0 Å². The zero-order valence-corrected chi connectivity index (χ0v) is 14.6. The second-order valence-corrected chi connectivity index (χ2v) is 6.30. The molecule has 1 amide bonds. The maximum Gasteiger partial charge on any atom is 0.273 e. The fourth-order valence-corrected chi connectivity index (χ4v) is 3.11. The van der Waals surface area contributed by atoms with Crippen molar-refractivity contribution in [3.63, 3.8) is 0 Å². The maximum absolute atomic E-state index is 12.5. The van der Waals surface area contributed by atoms with Gasteiger partial charge in [0.1, 0.15) is 28.0 Å². The number of carbonyl (C=O) groups is 1. The summed E-state index contributed by atoms with van der Waals surface area (Å²) in [6, 6.07) is 11.4. The average molecular weight is 342 g/mol. The van der Waals surface area contributed by atoms with Gasteiger partial charge in [0.25, 0.3) is 5.91 Å². The maximum atomic E-state index is 12.5. The summed E-state index contributed by atoms with van der Waals surface area (Å²) in [6.07, 6.45) is 0. The number of aryl methyl sites for hydroxylation is 1. The molecule has 124 valence electrons. The SMILES string of the molecule is COc1ccc(-c2nc(C(=O)N(C)Cc3ccc(C)o3)cs2)cc1. The van der Waals surface area contributed by atoms with Gasteiger partial charge < -0.3 is 14.1 Å². The molecule has 0 bridgehead atoms. The van der Waals surface area contributed by atoms with E-state index < -0.39 is 0 Å². The fourth-order valence-electron chi connectivity index (χ4n) is 2.31. The molecule has 3 rings (SSSR count). The molecular weight excluding hydrogens is 324 g/mol. The van der Waals surface area contributed by atoms with Crippen LogP contribution in [0.1, 0.15) is 22.0 Å². The lowest BCUT2D eigenvalue weighted by Gasteiger charge is -2.14. The molecule has 0 radical (unpaired) electrons. The van der Waals surface area contributed by atoms with Crippen molar-refractivity contribution in [3.8, 4) is 16.3 Å². The Morgan fingerprint density at radius 3 is 2.62 bits per heavy atom.